The molecule has 0 fully saturated rings. The fourth-order valence-electron chi connectivity index (χ4n) is 3.15. The normalized spacial score (nSPS) is 19.6. The topological polar surface area (TPSA) is 78.1 Å². The highest BCUT2D eigenvalue weighted by atomic mass is 16.5. The summed E-state index contributed by atoms with van der Waals surface area (Å²) in [6.45, 7) is 0. The molecule has 25 heavy (non-hydrogen) atoms. The first-order valence-corrected chi connectivity index (χ1v) is 8.11. The number of benzene rings is 2. The van der Waals surface area contributed by atoms with Crippen molar-refractivity contribution in [3.8, 4) is 17.2 Å². The van der Waals surface area contributed by atoms with Gasteiger partial charge in [0, 0.05) is 5.56 Å². The predicted octanol–water partition coefficient (Wildman–Crippen LogP) is 2.80. The second kappa shape index (κ2) is 7.34. The summed E-state index contributed by atoms with van der Waals surface area (Å²) in [4.78, 5) is 4.56. The molecule has 3 rings (SSSR count). The zero-order chi connectivity index (χ0) is 17.8. The molecule has 1 heterocycles. The van der Waals surface area contributed by atoms with Gasteiger partial charge < -0.3 is 25.3 Å². The highest BCUT2D eigenvalue weighted by molar-refractivity contribution is 5.79. The SMILES string of the molecule is COc1ccc(C2CC(c3ccccc3OC)NC(N)=N2)cc1OC. The maximum absolute atomic E-state index is 6.05. The van der Waals surface area contributed by atoms with Gasteiger partial charge in [-0.1, -0.05) is 24.3 Å². The first kappa shape index (κ1) is 17.0. The largest absolute Gasteiger partial charge is 0.496 e. The molecule has 0 amide bonds. The van der Waals surface area contributed by atoms with E-state index in [1.807, 2.05) is 42.5 Å². The van der Waals surface area contributed by atoms with E-state index in [1.54, 1.807) is 21.3 Å². The molecule has 132 valence electrons. The summed E-state index contributed by atoms with van der Waals surface area (Å²) in [7, 11) is 4.92. The summed E-state index contributed by atoms with van der Waals surface area (Å²) in [5.41, 5.74) is 8.14. The first-order valence-electron chi connectivity index (χ1n) is 8.11. The summed E-state index contributed by atoms with van der Waals surface area (Å²) in [6, 6.07) is 13.7. The van der Waals surface area contributed by atoms with Gasteiger partial charge in [0.2, 0.25) is 0 Å². The molecule has 6 heteroatoms. The maximum atomic E-state index is 6.05. The Morgan fingerprint density at radius 1 is 0.960 bits per heavy atom. The number of methoxy groups -OCH3 is 3. The molecule has 1 aliphatic heterocycles. The second-order valence-corrected chi connectivity index (χ2v) is 5.82. The van der Waals surface area contributed by atoms with Crippen LogP contribution in [0.2, 0.25) is 0 Å². The van der Waals surface area contributed by atoms with Gasteiger partial charge in [0.25, 0.3) is 0 Å². The lowest BCUT2D eigenvalue weighted by atomic mass is 9.93. The van der Waals surface area contributed by atoms with Crippen molar-refractivity contribution in [3.05, 3.63) is 53.6 Å². The van der Waals surface area contributed by atoms with Gasteiger partial charge in [0.05, 0.1) is 33.4 Å². The number of ether oxygens (including phenoxy) is 3. The third-order valence-corrected chi connectivity index (χ3v) is 4.38. The number of nitrogens with two attached hydrogens (primary N) is 1. The summed E-state index contributed by atoms with van der Waals surface area (Å²) < 4.78 is 16.2. The number of nitrogens with one attached hydrogen (secondary N) is 1. The minimum Gasteiger partial charge on any atom is -0.496 e. The van der Waals surface area contributed by atoms with Gasteiger partial charge in [-0.2, -0.15) is 0 Å². The molecule has 2 unspecified atom stereocenters. The molecular weight excluding hydrogens is 318 g/mol. The van der Waals surface area contributed by atoms with E-state index >= 15 is 0 Å². The van der Waals surface area contributed by atoms with E-state index in [4.69, 9.17) is 19.9 Å². The number of guanidine groups is 1. The van der Waals surface area contributed by atoms with Crippen molar-refractivity contribution in [1.82, 2.24) is 5.32 Å². The minimum atomic E-state index is -0.0732. The zero-order valence-electron chi connectivity index (χ0n) is 14.7. The molecule has 0 saturated heterocycles. The van der Waals surface area contributed by atoms with Crippen molar-refractivity contribution < 1.29 is 14.2 Å². The van der Waals surface area contributed by atoms with Crippen LogP contribution in [0.15, 0.2) is 47.5 Å². The van der Waals surface area contributed by atoms with Gasteiger partial charge in [0.1, 0.15) is 5.75 Å². The first-order chi connectivity index (χ1) is 12.2. The zero-order valence-corrected chi connectivity index (χ0v) is 14.7. The smallest absolute Gasteiger partial charge is 0.189 e. The molecule has 2 atom stereocenters. The summed E-state index contributed by atoms with van der Waals surface area (Å²) >= 11 is 0. The van der Waals surface area contributed by atoms with E-state index < -0.39 is 0 Å². The lowest BCUT2D eigenvalue weighted by molar-refractivity contribution is 0.353. The van der Waals surface area contributed by atoms with Crippen molar-refractivity contribution in [2.45, 2.75) is 18.5 Å². The Labute approximate surface area is 147 Å². The Kier molecular flexibility index (Phi) is 4.97. The van der Waals surface area contributed by atoms with Crippen LogP contribution in [0.1, 0.15) is 29.6 Å². The number of hydrogen-bond acceptors (Lipinski definition) is 6. The fourth-order valence-corrected chi connectivity index (χ4v) is 3.15. The molecule has 0 spiro atoms. The third kappa shape index (κ3) is 3.47. The van der Waals surface area contributed by atoms with Gasteiger partial charge in [-0.3, -0.25) is 0 Å². The van der Waals surface area contributed by atoms with Crippen LogP contribution in [-0.4, -0.2) is 27.3 Å². The molecule has 2 aromatic rings. The van der Waals surface area contributed by atoms with Crippen LogP contribution in [0.5, 0.6) is 17.2 Å². The number of para-hydroxylation sites is 1. The van der Waals surface area contributed by atoms with Gasteiger partial charge in [-0.25, -0.2) is 4.99 Å². The molecule has 0 aromatic heterocycles. The molecule has 0 aliphatic carbocycles. The minimum absolute atomic E-state index is 0.0201. The Balaban J connectivity index is 1.92. The van der Waals surface area contributed by atoms with E-state index in [0.717, 1.165) is 23.3 Å². The van der Waals surface area contributed by atoms with Crippen molar-refractivity contribution in [3.63, 3.8) is 0 Å². The van der Waals surface area contributed by atoms with Crippen LogP contribution in [0.4, 0.5) is 0 Å². The molecule has 2 aromatic carbocycles. The van der Waals surface area contributed by atoms with E-state index in [1.165, 1.54) is 0 Å². The average Bonchev–Trinajstić information content (AvgIpc) is 2.66. The fraction of sp³-hybridized carbons (Fsp3) is 0.316. The van der Waals surface area contributed by atoms with E-state index in [0.29, 0.717) is 17.5 Å². The van der Waals surface area contributed by atoms with Crippen molar-refractivity contribution in [1.29, 1.82) is 0 Å². The number of aliphatic imine (C=N–C) groups is 1. The van der Waals surface area contributed by atoms with Gasteiger partial charge in [0.15, 0.2) is 17.5 Å². The molecule has 3 N–H and O–H groups in total. The Morgan fingerprint density at radius 3 is 2.40 bits per heavy atom. The van der Waals surface area contributed by atoms with Gasteiger partial charge in [-0.15, -0.1) is 0 Å². The standard InChI is InChI=1S/C19H23N3O3/c1-23-16-7-5-4-6-13(16)15-11-14(21-19(20)22-15)12-8-9-17(24-2)18(10-12)25-3/h4-10,14-15H,11H2,1-3H3,(H3,20,21,22). The number of hydrogen-bond donors (Lipinski definition) is 2. The maximum Gasteiger partial charge on any atom is 0.189 e. The molecule has 6 nitrogen and oxygen atoms in total. The summed E-state index contributed by atoms with van der Waals surface area (Å²) in [5, 5.41) is 3.25. The Hall–Kier alpha value is -2.89. The number of rotatable bonds is 5. The van der Waals surface area contributed by atoms with Gasteiger partial charge >= 0.3 is 0 Å². The van der Waals surface area contributed by atoms with E-state index in [-0.39, 0.29) is 12.1 Å². The monoisotopic (exact) mass is 341 g/mol. The molecule has 0 bridgehead atoms. The van der Waals surface area contributed by atoms with E-state index in [2.05, 4.69) is 10.3 Å². The second-order valence-electron chi connectivity index (χ2n) is 5.82. The van der Waals surface area contributed by atoms with E-state index in [9.17, 15) is 0 Å². The van der Waals surface area contributed by atoms with Crippen LogP contribution >= 0.6 is 0 Å². The predicted molar refractivity (Wildman–Crippen MR) is 97.4 cm³/mol. The summed E-state index contributed by atoms with van der Waals surface area (Å²) in [5.74, 6) is 2.63. The van der Waals surface area contributed by atoms with Crippen LogP contribution in [0.3, 0.4) is 0 Å². The van der Waals surface area contributed by atoms with Crippen LogP contribution in [0, 0.1) is 0 Å². The average molecular weight is 341 g/mol. The van der Waals surface area contributed by atoms with Crippen LogP contribution < -0.4 is 25.3 Å². The van der Waals surface area contributed by atoms with Crippen molar-refractivity contribution in [2.24, 2.45) is 10.7 Å². The van der Waals surface area contributed by atoms with Gasteiger partial charge in [-0.05, 0) is 30.2 Å². The Bertz CT molecular complexity index is 776. The molecule has 0 radical (unpaired) electrons. The highest BCUT2D eigenvalue weighted by Gasteiger charge is 2.27. The van der Waals surface area contributed by atoms with Crippen molar-refractivity contribution in [2.75, 3.05) is 21.3 Å². The molecule has 1 aliphatic rings. The molecule has 0 saturated carbocycles. The van der Waals surface area contributed by atoms with Crippen LogP contribution in [-0.2, 0) is 0 Å². The Morgan fingerprint density at radius 2 is 1.68 bits per heavy atom. The highest BCUT2D eigenvalue weighted by Crippen LogP contribution is 2.38. The number of nitrogens with zero attached hydrogens (tertiary/aromatic N) is 1. The quantitative estimate of drug-likeness (QED) is 0.874. The molecular formula is C19H23N3O3. The lowest BCUT2D eigenvalue weighted by Gasteiger charge is -2.29. The summed E-state index contributed by atoms with van der Waals surface area (Å²) in [6.07, 6.45) is 0.760. The van der Waals surface area contributed by atoms with Crippen molar-refractivity contribution >= 4 is 5.96 Å². The van der Waals surface area contributed by atoms with Crippen LogP contribution in [0.25, 0.3) is 0 Å². The lowest BCUT2D eigenvalue weighted by Crippen LogP contribution is -2.39. The third-order valence-electron chi connectivity index (χ3n) is 4.38.